The number of ketones is 1. The van der Waals surface area contributed by atoms with Crippen LogP contribution < -0.4 is 0 Å². The number of azo groups is 1. The predicted molar refractivity (Wildman–Crippen MR) is 76.2 cm³/mol. The number of Topliss-reactive ketones (excluding diaryl/α,β-unsaturated/α-hetero) is 1. The highest BCUT2D eigenvalue weighted by atomic mass is 16.1. The summed E-state index contributed by atoms with van der Waals surface area (Å²) < 4.78 is 0. The summed E-state index contributed by atoms with van der Waals surface area (Å²) in [6.07, 6.45) is 0.468. The Labute approximate surface area is 113 Å². The van der Waals surface area contributed by atoms with E-state index < -0.39 is 0 Å². The molecule has 0 aliphatic carbocycles. The van der Waals surface area contributed by atoms with Crippen molar-refractivity contribution in [2.24, 2.45) is 10.2 Å². The van der Waals surface area contributed by atoms with Gasteiger partial charge in [-0.3, -0.25) is 4.79 Å². The average molecular weight is 252 g/mol. The van der Waals surface area contributed by atoms with Gasteiger partial charge in [0.2, 0.25) is 0 Å². The zero-order valence-electron chi connectivity index (χ0n) is 11.1. The number of rotatable bonds is 4. The summed E-state index contributed by atoms with van der Waals surface area (Å²) in [5, 5.41) is 8.33. The summed E-state index contributed by atoms with van der Waals surface area (Å²) in [4.78, 5) is 11.0. The van der Waals surface area contributed by atoms with E-state index >= 15 is 0 Å². The molecule has 2 aromatic rings. The second kappa shape index (κ2) is 6.05. The standard InChI is InChI=1S/C16H16N2O/c1-12-3-7-15(8-4-12)17-18-16-9-5-14(6-10-16)11-13(2)19/h3-10H,11H2,1-2H3. The predicted octanol–water partition coefficient (Wildman–Crippen LogP) is 4.54. The third-order valence-corrected chi connectivity index (χ3v) is 2.70. The lowest BCUT2D eigenvalue weighted by atomic mass is 10.1. The Morgan fingerprint density at radius 1 is 0.895 bits per heavy atom. The lowest BCUT2D eigenvalue weighted by Crippen LogP contribution is -1.94. The van der Waals surface area contributed by atoms with E-state index in [0.29, 0.717) is 6.42 Å². The molecular formula is C16H16N2O. The van der Waals surface area contributed by atoms with Crippen LogP contribution in [0.1, 0.15) is 18.1 Å². The summed E-state index contributed by atoms with van der Waals surface area (Å²) in [6, 6.07) is 15.4. The fourth-order valence-corrected chi connectivity index (χ4v) is 1.69. The molecule has 0 radical (unpaired) electrons. The molecule has 0 bridgehead atoms. The Morgan fingerprint density at radius 2 is 1.37 bits per heavy atom. The molecule has 0 saturated carbocycles. The Morgan fingerprint density at radius 3 is 1.84 bits per heavy atom. The monoisotopic (exact) mass is 252 g/mol. The van der Waals surface area contributed by atoms with Gasteiger partial charge in [-0.15, -0.1) is 0 Å². The van der Waals surface area contributed by atoms with Gasteiger partial charge in [-0.25, -0.2) is 0 Å². The fraction of sp³-hybridized carbons (Fsp3) is 0.188. The first kappa shape index (κ1) is 13.1. The van der Waals surface area contributed by atoms with Crippen LogP contribution in [0, 0.1) is 6.92 Å². The third-order valence-electron chi connectivity index (χ3n) is 2.70. The van der Waals surface area contributed by atoms with Crippen LogP contribution in [0.4, 0.5) is 11.4 Å². The molecule has 0 atom stereocenters. The molecule has 0 aromatic heterocycles. The maximum absolute atomic E-state index is 11.0. The van der Waals surface area contributed by atoms with Crippen LogP contribution in [0.3, 0.4) is 0 Å². The van der Waals surface area contributed by atoms with E-state index in [-0.39, 0.29) is 5.78 Å². The van der Waals surface area contributed by atoms with Crippen LogP contribution >= 0.6 is 0 Å². The van der Waals surface area contributed by atoms with Gasteiger partial charge in [-0.2, -0.15) is 10.2 Å². The van der Waals surface area contributed by atoms with E-state index in [1.54, 1.807) is 6.92 Å². The molecule has 19 heavy (non-hydrogen) atoms. The first-order valence-corrected chi connectivity index (χ1v) is 6.20. The quantitative estimate of drug-likeness (QED) is 0.736. The molecule has 0 aliphatic heterocycles. The lowest BCUT2D eigenvalue weighted by Gasteiger charge is -1.98. The number of carbonyl (C=O) groups excluding carboxylic acids is 1. The van der Waals surface area contributed by atoms with Crippen LogP contribution in [-0.2, 0) is 11.2 Å². The molecule has 0 amide bonds. The van der Waals surface area contributed by atoms with E-state index in [9.17, 15) is 4.79 Å². The first-order chi connectivity index (χ1) is 9.13. The maximum atomic E-state index is 11.0. The molecule has 3 nitrogen and oxygen atoms in total. The Hall–Kier alpha value is -2.29. The molecule has 0 spiro atoms. The van der Waals surface area contributed by atoms with Gasteiger partial charge in [0.25, 0.3) is 0 Å². The van der Waals surface area contributed by atoms with Crippen molar-refractivity contribution in [2.45, 2.75) is 20.3 Å². The SMILES string of the molecule is CC(=O)Cc1ccc(N=Nc2ccc(C)cc2)cc1. The van der Waals surface area contributed by atoms with E-state index in [0.717, 1.165) is 16.9 Å². The lowest BCUT2D eigenvalue weighted by molar-refractivity contribution is -0.116. The van der Waals surface area contributed by atoms with Gasteiger partial charge in [-0.1, -0.05) is 29.8 Å². The van der Waals surface area contributed by atoms with Gasteiger partial charge < -0.3 is 0 Å². The van der Waals surface area contributed by atoms with Gasteiger partial charge in [0.15, 0.2) is 0 Å². The highest BCUT2D eigenvalue weighted by Crippen LogP contribution is 2.19. The van der Waals surface area contributed by atoms with Crippen molar-refractivity contribution in [1.29, 1.82) is 0 Å². The summed E-state index contributed by atoms with van der Waals surface area (Å²) in [5.74, 6) is 0.161. The molecule has 0 fully saturated rings. The van der Waals surface area contributed by atoms with Crippen LogP contribution in [0.2, 0.25) is 0 Å². The number of nitrogens with zero attached hydrogens (tertiary/aromatic N) is 2. The van der Waals surface area contributed by atoms with Crippen LogP contribution in [0.15, 0.2) is 58.8 Å². The van der Waals surface area contributed by atoms with Crippen molar-refractivity contribution >= 4 is 17.2 Å². The zero-order chi connectivity index (χ0) is 13.7. The van der Waals surface area contributed by atoms with Gasteiger partial charge in [0.1, 0.15) is 5.78 Å². The van der Waals surface area contributed by atoms with Crippen LogP contribution in [0.5, 0.6) is 0 Å². The van der Waals surface area contributed by atoms with Gasteiger partial charge in [0.05, 0.1) is 11.4 Å². The Kier molecular flexibility index (Phi) is 4.18. The highest BCUT2D eigenvalue weighted by Gasteiger charge is 1.97. The molecule has 0 unspecified atom stereocenters. The van der Waals surface area contributed by atoms with Crippen molar-refractivity contribution in [3.8, 4) is 0 Å². The smallest absolute Gasteiger partial charge is 0.134 e. The summed E-state index contributed by atoms with van der Waals surface area (Å²) >= 11 is 0. The minimum Gasteiger partial charge on any atom is -0.300 e. The minimum absolute atomic E-state index is 0.161. The van der Waals surface area contributed by atoms with Crippen molar-refractivity contribution in [2.75, 3.05) is 0 Å². The molecule has 0 aliphatic rings. The van der Waals surface area contributed by atoms with Crippen molar-refractivity contribution < 1.29 is 4.79 Å². The third kappa shape index (κ3) is 4.14. The minimum atomic E-state index is 0.161. The Balaban J connectivity index is 2.06. The van der Waals surface area contributed by atoms with Crippen molar-refractivity contribution in [3.05, 3.63) is 59.7 Å². The van der Waals surface area contributed by atoms with E-state index in [4.69, 9.17) is 0 Å². The number of hydrogen-bond donors (Lipinski definition) is 0. The van der Waals surface area contributed by atoms with Gasteiger partial charge in [-0.05, 0) is 43.7 Å². The summed E-state index contributed by atoms with van der Waals surface area (Å²) in [5.41, 5.74) is 3.82. The molecule has 0 heterocycles. The summed E-state index contributed by atoms with van der Waals surface area (Å²) in [6.45, 7) is 3.62. The molecule has 0 N–H and O–H groups in total. The zero-order valence-corrected chi connectivity index (χ0v) is 11.1. The second-order valence-corrected chi connectivity index (χ2v) is 4.58. The number of hydrogen-bond acceptors (Lipinski definition) is 3. The maximum Gasteiger partial charge on any atom is 0.134 e. The van der Waals surface area contributed by atoms with E-state index in [1.807, 2.05) is 55.5 Å². The fourth-order valence-electron chi connectivity index (χ4n) is 1.69. The average Bonchev–Trinajstić information content (AvgIpc) is 2.39. The van der Waals surface area contributed by atoms with Crippen molar-refractivity contribution in [1.82, 2.24) is 0 Å². The number of aryl methyl sites for hydroxylation is 1. The van der Waals surface area contributed by atoms with E-state index in [2.05, 4.69) is 10.2 Å². The second-order valence-electron chi connectivity index (χ2n) is 4.58. The normalized spacial score (nSPS) is 10.8. The topological polar surface area (TPSA) is 41.8 Å². The van der Waals surface area contributed by atoms with Crippen LogP contribution in [-0.4, -0.2) is 5.78 Å². The Bertz CT molecular complexity index is 583. The van der Waals surface area contributed by atoms with Crippen molar-refractivity contribution in [3.63, 3.8) is 0 Å². The van der Waals surface area contributed by atoms with Gasteiger partial charge >= 0.3 is 0 Å². The molecule has 3 heteroatoms. The van der Waals surface area contributed by atoms with Crippen LogP contribution in [0.25, 0.3) is 0 Å². The molecule has 2 rings (SSSR count). The largest absolute Gasteiger partial charge is 0.300 e. The van der Waals surface area contributed by atoms with E-state index in [1.165, 1.54) is 5.56 Å². The number of benzene rings is 2. The first-order valence-electron chi connectivity index (χ1n) is 6.20. The summed E-state index contributed by atoms with van der Waals surface area (Å²) in [7, 11) is 0. The van der Waals surface area contributed by atoms with Gasteiger partial charge in [0, 0.05) is 6.42 Å². The molecule has 96 valence electrons. The molecule has 2 aromatic carbocycles. The molecular weight excluding hydrogens is 236 g/mol. The number of carbonyl (C=O) groups is 1. The highest BCUT2D eigenvalue weighted by molar-refractivity contribution is 5.78. The molecule has 0 saturated heterocycles.